The third kappa shape index (κ3) is 6.07. The molecule has 0 bridgehead atoms. The van der Waals surface area contributed by atoms with Crippen molar-refractivity contribution in [3.8, 4) is 0 Å². The lowest BCUT2D eigenvalue weighted by Crippen LogP contribution is -2.38. The van der Waals surface area contributed by atoms with E-state index in [2.05, 4.69) is 15.6 Å². The van der Waals surface area contributed by atoms with Gasteiger partial charge in [-0.1, -0.05) is 18.2 Å². The van der Waals surface area contributed by atoms with E-state index in [1.165, 1.54) is 18.9 Å². The summed E-state index contributed by atoms with van der Waals surface area (Å²) in [5, 5.41) is 6.46. The van der Waals surface area contributed by atoms with Crippen molar-refractivity contribution in [3.63, 3.8) is 0 Å². The van der Waals surface area contributed by atoms with E-state index in [4.69, 9.17) is 0 Å². The van der Waals surface area contributed by atoms with Crippen LogP contribution in [0.15, 0.2) is 29.3 Å². The van der Waals surface area contributed by atoms with Crippen molar-refractivity contribution < 1.29 is 4.39 Å². The predicted octanol–water partition coefficient (Wildman–Crippen LogP) is 2.95. The molecule has 0 atom stereocenters. The largest absolute Gasteiger partial charge is 0.357 e. The quantitative estimate of drug-likeness (QED) is 0.445. The van der Waals surface area contributed by atoms with Gasteiger partial charge in [-0.25, -0.2) is 4.39 Å². The first kappa shape index (κ1) is 17.2. The second-order valence-corrected chi connectivity index (χ2v) is 4.93. The first-order chi connectivity index (χ1) is 9.29. The number of nitrogens with one attached hydrogen (secondary N) is 2. The van der Waals surface area contributed by atoms with Crippen LogP contribution in [0.3, 0.4) is 0 Å². The van der Waals surface area contributed by atoms with Crippen molar-refractivity contribution in [1.82, 2.24) is 10.6 Å². The lowest BCUT2D eigenvalue weighted by molar-refractivity contribution is 0.606. The highest BCUT2D eigenvalue weighted by Gasteiger charge is 2.20. The summed E-state index contributed by atoms with van der Waals surface area (Å²) >= 11 is 0. The number of hydrogen-bond acceptors (Lipinski definition) is 1. The summed E-state index contributed by atoms with van der Waals surface area (Å²) in [5.41, 5.74) is 0.744. The molecule has 1 aromatic carbocycles. The van der Waals surface area contributed by atoms with Crippen LogP contribution in [0, 0.1) is 11.7 Å². The Bertz CT molecular complexity index is 433. The summed E-state index contributed by atoms with van der Waals surface area (Å²) in [6.45, 7) is 4.48. The highest BCUT2D eigenvalue weighted by atomic mass is 127. The number of rotatable bonds is 6. The van der Waals surface area contributed by atoms with Gasteiger partial charge in [-0.15, -0.1) is 24.0 Å². The maximum absolute atomic E-state index is 13.5. The Labute approximate surface area is 137 Å². The van der Waals surface area contributed by atoms with Gasteiger partial charge < -0.3 is 10.6 Å². The molecule has 0 unspecified atom stereocenters. The predicted molar refractivity (Wildman–Crippen MR) is 92.2 cm³/mol. The zero-order chi connectivity index (χ0) is 13.5. The van der Waals surface area contributed by atoms with Crippen LogP contribution in [0.2, 0.25) is 0 Å². The van der Waals surface area contributed by atoms with Crippen molar-refractivity contribution >= 4 is 29.9 Å². The van der Waals surface area contributed by atoms with Gasteiger partial charge in [-0.05, 0) is 43.7 Å². The first-order valence-corrected chi connectivity index (χ1v) is 7.05. The zero-order valence-electron chi connectivity index (χ0n) is 11.9. The summed E-state index contributed by atoms with van der Waals surface area (Å²) in [4.78, 5) is 4.53. The van der Waals surface area contributed by atoms with Crippen LogP contribution in [0.5, 0.6) is 0 Å². The molecule has 0 spiro atoms. The average Bonchev–Trinajstić information content (AvgIpc) is 3.22. The van der Waals surface area contributed by atoms with E-state index in [0.717, 1.165) is 30.5 Å². The van der Waals surface area contributed by atoms with Gasteiger partial charge >= 0.3 is 0 Å². The van der Waals surface area contributed by atoms with E-state index >= 15 is 0 Å². The summed E-state index contributed by atoms with van der Waals surface area (Å²) in [5.74, 6) is 1.48. The number of hydrogen-bond donors (Lipinski definition) is 2. The maximum atomic E-state index is 13.5. The molecule has 2 N–H and O–H groups in total. The lowest BCUT2D eigenvalue weighted by Gasteiger charge is -2.11. The van der Waals surface area contributed by atoms with Gasteiger partial charge in [0.1, 0.15) is 5.82 Å². The average molecular weight is 391 g/mol. The Balaban J connectivity index is 0.00000200. The van der Waals surface area contributed by atoms with E-state index in [1.54, 1.807) is 6.07 Å². The minimum atomic E-state index is -0.135. The Morgan fingerprint density at radius 2 is 2.05 bits per heavy atom. The van der Waals surface area contributed by atoms with Crippen molar-refractivity contribution in [2.24, 2.45) is 10.9 Å². The maximum Gasteiger partial charge on any atom is 0.191 e. The van der Waals surface area contributed by atoms with Crippen LogP contribution >= 0.6 is 24.0 Å². The number of guanidine groups is 1. The van der Waals surface area contributed by atoms with Crippen LogP contribution in [-0.2, 0) is 6.42 Å². The third-order valence-electron chi connectivity index (χ3n) is 3.19. The second kappa shape index (κ2) is 9.15. The molecule has 112 valence electrons. The van der Waals surface area contributed by atoms with E-state index in [0.29, 0.717) is 13.0 Å². The van der Waals surface area contributed by atoms with E-state index < -0.39 is 0 Å². The smallest absolute Gasteiger partial charge is 0.191 e. The van der Waals surface area contributed by atoms with Crippen LogP contribution in [0.25, 0.3) is 0 Å². The van der Waals surface area contributed by atoms with Crippen molar-refractivity contribution in [3.05, 3.63) is 35.6 Å². The molecule has 1 saturated carbocycles. The molecule has 5 heteroatoms. The Kier molecular flexibility index (Phi) is 7.87. The first-order valence-electron chi connectivity index (χ1n) is 7.05. The van der Waals surface area contributed by atoms with Gasteiger partial charge in [0.05, 0.1) is 0 Å². The standard InChI is InChI=1S/C15H22FN3.HI/c1-2-17-15(19-11-12-7-8-12)18-10-9-13-5-3-4-6-14(13)16;/h3-6,12H,2,7-11H2,1H3,(H2,17,18,19);1H. The fraction of sp³-hybridized carbons (Fsp3) is 0.533. The van der Waals surface area contributed by atoms with E-state index in [-0.39, 0.29) is 29.8 Å². The number of halogens is 2. The molecule has 0 heterocycles. The van der Waals surface area contributed by atoms with Gasteiger partial charge in [0.2, 0.25) is 0 Å². The summed E-state index contributed by atoms with van der Waals surface area (Å²) in [6.07, 6.45) is 3.27. The highest BCUT2D eigenvalue weighted by molar-refractivity contribution is 14.0. The summed E-state index contributed by atoms with van der Waals surface area (Å²) in [7, 11) is 0. The minimum Gasteiger partial charge on any atom is -0.357 e. The summed E-state index contributed by atoms with van der Waals surface area (Å²) in [6, 6.07) is 6.91. The molecule has 2 rings (SSSR count). The molecule has 0 aromatic heterocycles. The van der Waals surface area contributed by atoms with E-state index in [9.17, 15) is 4.39 Å². The van der Waals surface area contributed by atoms with Gasteiger partial charge in [0.15, 0.2) is 5.96 Å². The molecule has 0 amide bonds. The number of aliphatic imine (C=N–C) groups is 1. The Morgan fingerprint density at radius 3 is 2.70 bits per heavy atom. The highest BCUT2D eigenvalue weighted by Crippen LogP contribution is 2.28. The fourth-order valence-corrected chi connectivity index (χ4v) is 1.88. The van der Waals surface area contributed by atoms with Gasteiger partial charge in [0, 0.05) is 19.6 Å². The molecule has 0 saturated heterocycles. The van der Waals surface area contributed by atoms with Gasteiger partial charge in [-0.2, -0.15) is 0 Å². The molecule has 1 fully saturated rings. The molecule has 1 aromatic rings. The monoisotopic (exact) mass is 391 g/mol. The van der Waals surface area contributed by atoms with E-state index in [1.807, 2.05) is 19.1 Å². The molecule has 3 nitrogen and oxygen atoms in total. The second-order valence-electron chi connectivity index (χ2n) is 4.93. The molecule has 1 aliphatic carbocycles. The summed E-state index contributed by atoms with van der Waals surface area (Å²) < 4.78 is 13.5. The number of benzene rings is 1. The van der Waals surface area contributed by atoms with Crippen LogP contribution < -0.4 is 10.6 Å². The van der Waals surface area contributed by atoms with Crippen LogP contribution in [0.1, 0.15) is 25.3 Å². The molecule has 1 aliphatic rings. The third-order valence-corrected chi connectivity index (χ3v) is 3.19. The van der Waals surface area contributed by atoms with Crippen molar-refractivity contribution in [2.45, 2.75) is 26.2 Å². The molecule has 0 aliphatic heterocycles. The van der Waals surface area contributed by atoms with Crippen molar-refractivity contribution in [1.29, 1.82) is 0 Å². The minimum absolute atomic E-state index is 0. The van der Waals surface area contributed by atoms with Gasteiger partial charge in [0.25, 0.3) is 0 Å². The molecular formula is C15H23FIN3. The Hall–Kier alpha value is -0.850. The normalized spacial score (nSPS) is 14.6. The molecule has 20 heavy (non-hydrogen) atoms. The molecular weight excluding hydrogens is 368 g/mol. The SMILES string of the molecule is CCNC(=NCC1CC1)NCCc1ccccc1F.I. The van der Waals surface area contributed by atoms with Crippen LogP contribution in [-0.4, -0.2) is 25.6 Å². The topological polar surface area (TPSA) is 36.4 Å². The fourth-order valence-electron chi connectivity index (χ4n) is 1.88. The lowest BCUT2D eigenvalue weighted by atomic mass is 10.1. The van der Waals surface area contributed by atoms with Crippen LogP contribution in [0.4, 0.5) is 4.39 Å². The molecule has 0 radical (unpaired) electrons. The van der Waals surface area contributed by atoms with Crippen molar-refractivity contribution in [2.75, 3.05) is 19.6 Å². The number of nitrogens with zero attached hydrogens (tertiary/aromatic N) is 1. The Morgan fingerprint density at radius 1 is 1.30 bits per heavy atom. The van der Waals surface area contributed by atoms with Gasteiger partial charge in [-0.3, -0.25) is 4.99 Å². The zero-order valence-corrected chi connectivity index (χ0v) is 14.2.